The number of rotatable bonds is 4. The van der Waals surface area contributed by atoms with Gasteiger partial charge in [-0.2, -0.15) is 0 Å². The summed E-state index contributed by atoms with van der Waals surface area (Å²) >= 11 is 3.08. The summed E-state index contributed by atoms with van der Waals surface area (Å²) in [6, 6.07) is 4.12. The molecule has 0 aliphatic carbocycles. The van der Waals surface area contributed by atoms with Gasteiger partial charge in [0.05, 0.1) is 16.1 Å². The van der Waals surface area contributed by atoms with Crippen LogP contribution in [0, 0.1) is 11.7 Å². The van der Waals surface area contributed by atoms with Gasteiger partial charge in [-0.15, -0.1) is 0 Å². The van der Waals surface area contributed by atoms with Gasteiger partial charge in [0, 0.05) is 13.1 Å². The van der Waals surface area contributed by atoms with Gasteiger partial charge in [-0.25, -0.2) is 18.8 Å². The highest BCUT2D eigenvalue weighted by Gasteiger charge is 2.32. The number of hydrogen-bond acceptors (Lipinski definition) is 7. The highest BCUT2D eigenvalue weighted by atomic mass is 79.9. The van der Waals surface area contributed by atoms with Crippen molar-refractivity contribution in [2.24, 2.45) is 16.6 Å². The minimum atomic E-state index is -0.620. The largest absolute Gasteiger partial charge is 0.444 e. The van der Waals surface area contributed by atoms with Gasteiger partial charge in [0.2, 0.25) is 11.7 Å². The number of amidine groups is 1. The van der Waals surface area contributed by atoms with Crippen LogP contribution in [-0.4, -0.2) is 51.7 Å². The van der Waals surface area contributed by atoms with E-state index in [0.717, 1.165) is 0 Å². The fraction of sp³-hybridized carbons (Fsp3) is 0.450. The van der Waals surface area contributed by atoms with Crippen molar-refractivity contribution >= 4 is 45.3 Å². The predicted molar refractivity (Wildman–Crippen MR) is 118 cm³/mol. The first-order valence-electron chi connectivity index (χ1n) is 9.94. The highest BCUT2D eigenvalue weighted by Crippen LogP contribution is 2.24. The molecular formula is C20H24BrFN6O4. The average Bonchev–Trinajstić information content (AvgIpc) is 3.18. The van der Waals surface area contributed by atoms with Crippen molar-refractivity contribution < 1.29 is 23.3 Å². The Labute approximate surface area is 192 Å². The summed E-state index contributed by atoms with van der Waals surface area (Å²) in [6.07, 6.45) is 0.795. The molecule has 172 valence electrons. The number of likely N-dealkylation sites (tertiary alicyclic amines) is 1. The Balaban J connectivity index is 1.68. The van der Waals surface area contributed by atoms with E-state index in [-0.39, 0.29) is 34.3 Å². The quantitative estimate of drug-likeness (QED) is 0.473. The number of hydrogen-bond donors (Lipinski definition) is 2. The lowest BCUT2D eigenvalue weighted by Crippen LogP contribution is -2.45. The summed E-state index contributed by atoms with van der Waals surface area (Å²) in [5.74, 6) is -1.32. The molecule has 1 aromatic carbocycles. The Morgan fingerprint density at radius 3 is 2.81 bits per heavy atom. The molecule has 3 rings (SSSR count). The fourth-order valence-corrected chi connectivity index (χ4v) is 3.45. The van der Waals surface area contributed by atoms with Crippen LogP contribution >= 0.6 is 15.9 Å². The molecule has 1 unspecified atom stereocenters. The van der Waals surface area contributed by atoms with Crippen LogP contribution in [0.1, 0.15) is 39.3 Å². The summed E-state index contributed by atoms with van der Waals surface area (Å²) in [7, 11) is 0. The van der Waals surface area contributed by atoms with Crippen LogP contribution in [0.4, 0.5) is 20.7 Å². The Bertz CT molecular complexity index is 1040. The highest BCUT2D eigenvalue weighted by molar-refractivity contribution is 9.10. The lowest BCUT2D eigenvalue weighted by atomic mass is 9.97. The van der Waals surface area contributed by atoms with Crippen molar-refractivity contribution in [1.29, 1.82) is 0 Å². The third kappa shape index (κ3) is 6.02. The number of nitrogens with one attached hydrogen (secondary N) is 1. The topological polar surface area (TPSA) is 136 Å². The molecule has 1 aliphatic rings. The number of halogens is 2. The SMILES string of the molecule is CC(C)(C)OC(=O)N1CCCC(C(=O)Nc2nonc2C(N)=Nc2ccc(F)c(Br)c2)C1. The van der Waals surface area contributed by atoms with Crippen molar-refractivity contribution in [1.82, 2.24) is 15.2 Å². The second kappa shape index (κ2) is 9.63. The van der Waals surface area contributed by atoms with E-state index in [1.807, 2.05) is 0 Å². The van der Waals surface area contributed by atoms with E-state index in [0.29, 0.717) is 25.1 Å². The minimum Gasteiger partial charge on any atom is -0.444 e. The van der Waals surface area contributed by atoms with E-state index < -0.39 is 23.4 Å². The van der Waals surface area contributed by atoms with Crippen LogP contribution in [0.25, 0.3) is 0 Å². The monoisotopic (exact) mass is 510 g/mol. The number of amides is 2. The molecule has 12 heteroatoms. The Kier molecular flexibility index (Phi) is 7.12. The Hall–Kier alpha value is -3.02. The maximum absolute atomic E-state index is 13.4. The lowest BCUT2D eigenvalue weighted by Gasteiger charge is -2.33. The van der Waals surface area contributed by atoms with Gasteiger partial charge >= 0.3 is 6.09 Å². The molecule has 1 atom stereocenters. The van der Waals surface area contributed by atoms with Crippen molar-refractivity contribution in [3.63, 3.8) is 0 Å². The van der Waals surface area contributed by atoms with Crippen molar-refractivity contribution in [3.05, 3.63) is 34.2 Å². The van der Waals surface area contributed by atoms with Gasteiger partial charge < -0.3 is 20.7 Å². The van der Waals surface area contributed by atoms with E-state index in [1.165, 1.54) is 23.1 Å². The van der Waals surface area contributed by atoms with Crippen LogP contribution in [0.15, 0.2) is 32.3 Å². The summed E-state index contributed by atoms with van der Waals surface area (Å²) in [4.78, 5) is 30.8. The molecule has 32 heavy (non-hydrogen) atoms. The van der Waals surface area contributed by atoms with Gasteiger partial charge in [0.15, 0.2) is 11.5 Å². The number of ether oxygens (including phenoxy) is 1. The first kappa shape index (κ1) is 23.6. The predicted octanol–water partition coefficient (Wildman–Crippen LogP) is 3.59. The third-order valence-electron chi connectivity index (χ3n) is 4.57. The summed E-state index contributed by atoms with van der Waals surface area (Å²) in [5, 5.41) is 10.0. The molecule has 0 radical (unpaired) electrons. The molecule has 0 spiro atoms. The molecule has 1 fully saturated rings. The fourth-order valence-electron chi connectivity index (χ4n) is 3.09. The molecule has 2 amide bonds. The maximum Gasteiger partial charge on any atom is 0.410 e. The van der Waals surface area contributed by atoms with Gasteiger partial charge in [-0.1, -0.05) is 0 Å². The number of aromatic nitrogens is 2. The van der Waals surface area contributed by atoms with E-state index in [9.17, 15) is 14.0 Å². The number of carbonyl (C=O) groups is 2. The lowest BCUT2D eigenvalue weighted by molar-refractivity contribution is -0.121. The van der Waals surface area contributed by atoms with Gasteiger partial charge in [-0.3, -0.25) is 4.79 Å². The smallest absolute Gasteiger partial charge is 0.410 e. The van der Waals surface area contributed by atoms with Crippen molar-refractivity contribution in [3.8, 4) is 0 Å². The van der Waals surface area contributed by atoms with E-state index in [2.05, 4.69) is 36.6 Å². The normalized spacial score (nSPS) is 17.2. The summed E-state index contributed by atoms with van der Waals surface area (Å²) in [6.45, 7) is 6.09. The van der Waals surface area contributed by atoms with Crippen molar-refractivity contribution in [2.45, 2.75) is 39.2 Å². The zero-order chi connectivity index (χ0) is 23.5. The molecule has 2 aromatic rings. The van der Waals surface area contributed by atoms with E-state index >= 15 is 0 Å². The Morgan fingerprint density at radius 2 is 2.12 bits per heavy atom. The van der Waals surface area contributed by atoms with Gasteiger partial charge in [0.25, 0.3) is 0 Å². The summed E-state index contributed by atoms with van der Waals surface area (Å²) < 4.78 is 23.7. The molecule has 0 saturated carbocycles. The standard InChI is InChI=1S/C20H24BrFN6O4/c1-20(2,3)31-19(30)28-8-4-5-11(10-28)18(29)25-17-15(26-32-27-17)16(23)24-12-6-7-14(22)13(21)9-12/h6-7,9,11H,4-5,8,10H2,1-3H3,(H2,23,24)(H,25,27,29). The number of anilines is 1. The molecule has 1 saturated heterocycles. The van der Waals surface area contributed by atoms with Crippen LogP contribution in [0.3, 0.4) is 0 Å². The molecular weight excluding hydrogens is 487 g/mol. The van der Waals surface area contributed by atoms with Gasteiger partial charge in [-0.05, 0) is 78.1 Å². The molecule has 10 nitrogen and oxygen atoms in total. The molecule has 0 bridgehead atoms. The number of nitrogens with two attached hydrogens (primary N) is 1. The Morgan fingerprint density at radius 1 is 1.38 bits per heavy atom. The molecule has 3 N–H and O–H groups in total. The average molecular weight is 511 g/mol. The number of carbonyl (C=O) groups excluding carboxylic acids is 2. The molecule has 1 aliphatic heterocycles. The van der Waals surface area contributed by atoms with Gasteiger partial charge in [0.1, 0.15) is 11.4 Å². The van der Waals surface area contributed by atoms with Crippen LogP contribution in [0.2, 0.25) is 0 Å². The minimum absolute atomic E-state index is 0.00631. The first-order valence-corrected chi connectivity index (χ1v) is 10.7. The van der Waals surface area contributed by atoms with Crippen LogP contribution < -0.4 is 11.1 Å². The maximum atomic E-state index is 13.4. The zero-order valence-corrected chi connectivity index (χ0v) is 19.5. The first-order chi connectivity index (χ1) is 15.0. The molecule has 1 aromatic heterocycles. The number of piperidine rings is 1. The second-order valence-corrected chi connectivity index (χ2v) is 9.17. The number of benzene rings is 1. The van der Waals surface area contributed by atoms with E-state index in [4.69, 9.17) is 15.1 Å². The zero-order valence-electron chi connectivity index (χ0n) is 17.9. The molecule has 2 heterocycles. The summed E-state index contributed by atoms with van der Waals surface area (Å²) in [5.41, 5.74) is 5.78. The third-order valence-corrected chi connectivity index (χ3v) is 5.18. The van der Waals surface area contributed by atoms with E-state index in [1.54, 1.807) is 20.8 Å². The number of nitrogens with zero attached hydrogens (tertiary/aromatic N) is 4. The van der Waals surface area contributed by atoms with Crippen molar-refractivity contribution in [2.75, 3.05) is 18.4 Å². The van der Waals surface area contributed by atoms with Crippen LogP contribution in [-0.2, 0) is 9.53 Å². The van der Waals surface area contributed by atoms with Crippen LogP contribution in [0.5, 0.6) is 0 Å². The second-order valence-electron chi connectivity index (χ2n) is 8.31. The number of aliphatic imine (C=N–C) groups is 1.